The van der Waals surface area contributed by atoms with Crippen LogP contribution < -0.4 is 10.6 Å². The number of rotatable bonds is 3. The van der Waals surface area contributed by atoms with Crippen LogP contribution in [0.25, 0.3) is 0 Å². The Balaban J connectivity index is 2.55. The summed E-state index contributed by atoms with van der Waals surface area (Å²) in [6.45, 7) is 1.97. The number of benzene rings is 2. The van der Waals surface area contributed by atoms with Crippen molar-refractivity contribution in [3.63, 3.8) is 0 Å². The summed E-state index contributed by atoms with van der Waals surface area (Å²) in [4.78, 5) is 2.06. The topological polar surface area (TPSA) is 29.3 Å². The second-order valence-corrected chi connectivity index (χ2v) is 4.84. The number of nitrogens with two attached hydrogens (primary N) is 1. The molecule has 0 amide bonds. The third-order valence-electron chi connectivity index (χ3n) is 2.99. The number of hydrogen-bond donors (Lipinski definition) is 1. The fourth-order valence-corrected chi connectivity index (χ4v) is 2.15. The second kappa shape index (κ2) is 5.36. The van der Waals surface area contributed by atoms with Crippen molar-refractivity contribution < 1.29 is 4.39 Å². The molecule has 0 bridgehead atoms. The van der Waals surface area contributed by atoms with Gasteiger partial charge in [-0.05, 0) is 36.8 Å². The SMILES string of the molecule is Cc1ccc(C(N)=S)c(N(C)c2ccccc2F)c1. The molecule has 0 aromatic heterocycles. The lowest BCUT2D eigenvalue weighted by molar-refractivity contribution is 0.627. The fraction of sp³-hybridized carbons (Fsp3) is 0.133. The summed E-state index contributed by atoms with van der Waals surface area (Å²) < 4.78 is 13.9. The van der Waals surface area contributed by atoms with E-state index in [2.05, 4.69) is 0 Å². The molecular weight excluding hydrogens is 259 g/mol. The molecular formula is C15H15FN2S. The Kier molecular flexibility index (Phi) is 3.81. The maximum atomic E-state index is 13.9. The highest BCUT2D eigenvalue weighted by Gasteiger charge is 2.14. The van der Waals surface area contributed by atoms with Gasteiger partial charge >= 0.3 is 0 Å². The van der Waals surface area contributed by atoms with Gasteiger partial charge in [0.05, 0.1) is 11.4 Å². The summed E-state index contributed by atoms with van der Waals surface area (Å²) >= 11 is 5.05. The number of nitrogens with zero attached hydrogens (tertiary/aromatic N) is 1. The summed E-state index contributed by atoms with van der Waals surface area (Å²) in [5.41, 5.74) is 8.83. The van der Waals surface area contributed by atoms with Crippen LogP contribution in [0.4, 0.5) is 15.8 Å². The van der Waals surface area contributed by atoms with E-state index < -0.39 is 0 Å². The van der Waals surface area contributed by atoms with E-state index in [0.29, 0.717) is 10.7 Å². The molecule has 0 radical (unpaired) electrons. The number of para-hydroxylation sites is 1. The average Bonchev–Trinajstić information content (AvgIpc) is 2.38. The van der Waals surface area contributed by atoms with Crippen LogP contribution in [-0.2, 0) is 0 Å². The molecule has 0 aliphatic heterocycles. The van der Waals surface area contributed by atoms with E-state index in [9.17, 15) is 4.39 Å². The van der Waals surface area contributed by atoms with Gasteiger partial charge in [0.25, 0.3) is 0 Å². The number of thiocarbonyl (C=S) groups is 1. The molecule has 2 nitrogen and oxygen atoms in total. The average molecular weight is 274 g/mol. The first-order valence-corrected chi connectivity index (χ1v) is 6.30. The summed E-state index contributed by atoms with van der Waals surface area (Å²) in [5.74, 6) is -0.277. The number of aryl methyl sites for hydroxylation is 1. The quantitative estimate of drug-likeness (QED) is 0.868. The minimum Gasteiger partial charge on any atom is -0.389 e. The lowest BCUT2D eigenvalue weighted by Gasteiger charge is -2.23. The highest BCUT2D eigenvalue weighted by molar-refractivity contribution is 7.80. The monoisotopic (exact) mass is 274 g/mol. The van der Waals surface area contributed by atoms with Gasteiger partial charge in [0.2, 0.25) is 0 Å². The van der Waals surface area contributed by atoms with Crippen molar-refractivity contribution in [3.8, 4) is 0 Å². The van der Waals surface area contributed by atoms with Crippen molar-refractivity contribution in [3.05, 3.63) is 59.4 Å². The van der Waals surface area contributed by atoms with Crippen LogP contribution in [0.15, 0.2) is 42.5 Å². The van der Waals surface area contributed by atoms with E-state index >= 15 is 0 Å². The van der Waals surface area contributed by atoms with E-state index in [1.165, 1.54) is 6.07 Å². The van der Waals surface area contributed by atoms with Crippen molar-refractivity contribution in [2.45, 2.75) is 6.92 Å². The molecule has 0 atom stereocenters. The maximum Gasteiger partial charge on any atom is 0.146 e. The molecule has 2 aromatic carbocycles. The van der Waals surface area contributed by atoms with Gasteiger partial charge in [0.15, 0.2) is 0 Å². The van der Waals surface area contributed by atoms with Crippen LogP contribution in [0.1, 0.15) is 11.1 Å². The molecule has 0 unspecified atom stereocenters. The molecule has 2 aromatic rings. The molecule has 0 aliphatic carbocycles. The molecule has 0 spiro atoms. The van der Waals surface area contributed by atoms with Crippen molar-refractivity contribution in [2.24, 2.45) is 5.73 Å². The zero-order valence-corrected chi connectivity index (χ0v) is 11.7. The number of hydrogen-bond acceptors (Lipinski definition) is 2. The van der Waals surface area contributed by atoms with Gasteiger partial charge in [-0.1, -0.05) is 30.4 Å². The Morgan fingerprint density at radius 3 is 2.47 bits per heavy atom. The molecule has 98 valence electrons. The zero-order chi connectivity index (χ0) is 14.0. The highest BCUT2D eigenvalue weighted by atomic mass is 32.1. The lowest BCUT2D eigenvalue weighted by Crippen LogP contribution is -2.18. The fourth-order valence-electron chi connectivity index (χ4n) is 1.98. The maximum absolute atomic E-state index is 13.9. The van der Waals surface area contributed by atoms with E-state index in [1.54, 1.807) is 30.1 Å². The zero-order valence-electron chi connectivity index (χ0n) is 10.9. The van der Waals surface area contributed by atoms with E-state index in [4.69, 9.17) is 18.0 Å². The molecule has 4 heteroatoms. The first kappa shape index (κ1) is 13.5. The van der Waals surface area contributed by atoms with Crippen LogP contribution in [0.5, 0.6) is 0 Å². The van der Waals surface area contributed by atoms with Crippen molar-refractivity contribution in [1.82, 2.24) is 0 Å². The predicted octanol–water partition coefficient (Wildman–Crippen LogP) is 3.54. The van der Waals surface area contributed by atoms with Gasteiger partial charge < -0.3 is 10.6 Å². The molecule has 2 rings (SSSR count). The molecule has 0 saturated carbocycles. The van der Waals surface area contributed by atoms with Crippen molar-refractivity contribution >= 4 is 28.6 Å². The Hall–Kier alpha value is -1.94. The van der Waals surface area contributed by atoms with E-state index in [-0.39, 0.29) is 5.82 Å². The molecule has 19 heavy (non-hydrogen) atoms. The van der Waals surface area contributed by atoms with Gasteiger partial charge in [0.1, 0.15) is 10.8 Å². The lowest BCUT2D eigenvalue weighted by atomic mass is 10.1. The second-order valence-electron chi connectivity index (χ2n) is 4.40. The first-order chi connectivity index (χ1) is 9.00. The van der Waals surface area contributed by atoms with Gasteiger partial charge in [0, 0.05) is 12.6 Å². The first-order valence-electron chi connectivity index (χ1n) is 5.89. The third kappa shape index (κ3) is 2.74. The molecule has 0 saturated heterocycles. The normalized spacial score (nSPS) is 10.3. The van der Waals surface area contributed by atoms with Gasteiger partial charge in [-0.25, -0.2) is 4.39 Å². The largest absolute Gasteiger partial charge is 0.389 e. The van der Waals surface area contributed by atoms with Crippen molar-refractivity contribution in [1.29, 1.82) is 0 Å². The summed E-state index contributed by atoms with van der Waals surface area (Å²) in [7, 11) is 1.80. The van der Waals surface area contributed by atoms with E-state index in [1.807, 2.05) is 25.1 Å². The summed E-state index contributed by atoms with van der Waals surface area (Å²) in [5, 5.41) is 0. The molecule has 0 aliphatic rings. The van der Waals surface area contributed by atoms with Crippen LogP contribution in [0.2, 0.25) is 0 Å². The molecule has 0 fully saturated rings. The number of anilines is 2. The van der Waals surface area contributed by atoms with Gasteiger partial charge in [-0.15, -0.1) is 0 Å². The predicted molar refractivity (Wildman–Crippen MR) is 81.5 cm³/mol. The highest BCUT2D eigenvalue weighted by Crippen LogP contribution is 2.29. The van der Waals surface area contributed by atoms with E-state index in [0.717, 1.165) is 16.8 Å². The Bertz CT molecular complexity index is 625. The molecule has 2 N–H and O–H groups in total. The van der Waals surface area contributed by atoms with Crippen LogP contribution in [-0.4, -0.2) is 12.0 Å². The molecule has 0 heterocycles. The Morgan fingerprint density at radius 2 is 1.84 bits per heavy atom. The van der Waals surface area contributed by atoms with Crippen molar-refractivity contribution in [2.75, 3.05) is 11.9 Å². The minimum atomic E-state index is -0.277. The van der Waals surface area contributed by atoms with Gasteiger partial charge in [-0.2, -0.15) is 0 Å². The Labute approximate surface area is 117 Å². The van der Waals surface area contributed by atoms with Crippen LogP contribution >= 0.6 is 12.2 Å². The van der Waals surface area contributed by atoms with Gasteiger partial charge in [-0.3, -0.25) is 0 Å². The number of halogens is 1. The summed E-state index contributed by atoms with van der Waals surface area (Å²) in [6.07, 6.45) is 0. The Morgan fingerprint density at radius 1 is 1.16 bits per heavy atom. The standard InChI is InChI=1S/C15H15FN2S/c1-10-7-8-11(15(17)19)14(9-10)18(2)13-6-4-3-5-12(13)16/h3-9H,1-2H3,(H2,17,19). The minimum absolute atomic E-state index is 0.277. The smallest absolute Gasteiger partial charge is 0.146 e. The van der Waals surface area contributed by atoms with Crippen LogP contribution in [0, 0.1) is 12.7 Å². The van der Waals surface area contributed by atoms with Crippen LogP contribution in [0.3, 0.4) is 0 Å². The third-order valence-corrected chi connectivity index (χ3v) is 3.21. The summed E-state index contributed by atoms with van der Waals surface area (Å²) in [6, 6.07) is 12.4.